The van der Waals surface area contributed by atoms with Crippen molar-refractivity contribution in [1.29, 1.82) is 0 Å². The van der Waals surface area contributed by atoms with E-state index in [-0.39, 0.29) is 0 Å². The number of carbonyl (C=O) groups is 2. The van der Waals surface area contributed by atoms with E-state index in [0.29, 0.717) is 10.6 Å². The maximum atomic E-state index is 11.4. The molecule has 0 unspecified atom stereocenters. The van der Waals surface area contributed by atoms with Crippen LogP contribution in [0.15, 0.2) is 46.0 Å². The molecule has 2 aromatic carbocycles. The molecule has 0 aliphatic heterocycles. The third-order valence-corrected chi connectivity index (χ3v) is 4.01. The molecule has 6 nitrogen and oxygen atoms in total. The van der Waals surface area contributed by atoms with Gasteiger partial charge in [-0.1, -0.05) is 33.6 Å². The normalized spacial score (nSPS) is 10.6. The molecule has 0 aromatic heterocycles. The second-order valence-corrected chi connectivity index (χ2v) is 6.45. The Hall–Kier alpha value is -2.38. The number of anilines is 2. The highest BCUT2D eigenvalue weighted by molar-refractivity contribution is 9.10. The van der Waals surface area contributed by atoms with Crippen molar-refractivity contribution in [2.75, 3.05) is 12.4 Å². The third-order valence-electron chi connectivity index (χ3n) is 3.29. The first-order chi connectivity index (χ1) is 11.9. The Morgan fingerprint density at radius 2 is 1.88 bits per heavy atom. The zero-order valence-corrected chi connectivity index (χ0v) is 15.9. The van der Waals surface area contributed by atoms with E-state index < -0.39 is 11.8 Å². The van der Waals surface area contributed by atoms with Gasteiger partial charge in [0.15, 0.2) is 0 Å². The van der Waals surface area contributed by atoms with Crippen molar-refractivity contribution in [3.63, 3.8) is 0 Å². The van der Waals surface area contributed by atoms with Gasteiger partial charge in [0.25, 0.3) is 0 Å². The predicted octanol–water partition coefficient (Wildman–Crippen LogP) is 3.35. The lowest BCUT2D eigenvalue weighted by molar-refractivity contribution is -0.138. The van der Waals surface area contributed by atoms with Crippen molar-refractivity contribution in [3.8, 4) is 0 Å². The molecule has 0 bridgehead atoms. The SMILES string of the molecule is CNC(=O)C(=O)N/N=C\c1cc(Br)ccc1Nc1cc(Cl)ccc1C. The molecule has 2 amide bonds. The fourth-order valence-corrected chi connectivity index (χ4v) is 2.50. The lowest BCUT2D eigenvalue weighted by Gasteiger charge is -2.13. The van der Waals surface area contributed by atoms with E-state index in [9.17, 15) is 9.59 Å². The van der Waals surface area contributed by atoms with Gasteiger partial charge in [-0.15, -0.1) is 0 Å². The minimum absolute atomic E-state index is 0.623. The van der Waals surface area contributed by atoms with Gasteiger partial charge in [0.05, 0.1) is 6.21 Å². The number of halogens is 2. The largest absolute Gasteiger partial charge is 0.355 e. The molecule has 0 fully saturated rings. The molecule has 130 valence electrons. The summed E-state index contributed by atoms with van der Waals surface area (Å²) in [5.41, 5.74) is 5.54. The van der Waals surface area contributed by atoms with E-state index in [4.69, 9.17) is 11.6 Å². The average molecular weight is 424 g/mol. The molecule has 0 saturated heterocycles. The highest BCUT2D eigenvalue weighted by atomic mass is 79.9. The van der Waals surface area contributed by atoms with Crippen LogP contribution in [0.1, 0.15) is 11.1 Å². The lowest BCUT2D eigenvalue weighted by atomic mass is 10.1. The van der Waals surface area contributed by atoms with Crippen molar-refractivity contribution in [3.05, 3.63) is 57.0 Å². The summed E-state index contributed by atoms with van der Waals surface area (Å²) in [5.74, 6) is -1.60. The van der Waals surface area contributed by atoms with E-state index in [0.717, 1.165) is 21.4 Å². The minimum Gasteiger partial charge on any atom is -0.355 e. The Morgan fingerprint density at radius 3 is 2.60 bits per heavy atom. The van der Waals surface area contributed by atoms with E-state index in [1.165, 1.54) is 13.3 Å². The number of benzene rings is 2. The van der Waals surface area contributed by atoms with Crippen LogP contribution in [0.2, 0.25) is 5.02 Å². The number of carbonyl (C=O) groups excluding carboxylic acids is 2. The first-order valence-electron chi connectivity index (χ1n) is 7.28. The van der Waals surface area contributed by atoms with E-state index in [1.807, 2.05) is 43.3 Å². The second-order valence-electron chi connectivity index (χ2n) is 5.09. The molecule has 0 saturated carbocycles. The van der Waals surface area contributed by atoms with E-state index >= 15 is 0 Å². The van der Waals surface area contributed by atoms with Gasteiger partial charge in [-0.3, -0.25) is 9.59 Å². The number of nitrogens with one attached hydrogen (secondary N) is 3. The second kappa shape index (κ2) is 8.64. The van der Waals surface area contributed by atoms with Gasteiger partial charge in [-0.05, 0) is 42.8 Å². The van der Waals surface area contributed by atoms with Gasteiger partial charge >= 0.3 is 11.8 Å². The molecule has 25 heavy (non-hydrogen) atoms. The van der Waals surface area contributed by atoms with Crippen LogP contribution in [0.25, 0.3) is 0 Å². The molecule has 0 aliphatic rings. The Kier molecular flexibility index (Phi) is 6.55. The highest BCUT2D eigenvalue weighted by Gasteiger charge is 2.09. The molecule has 8 heteroatoms. The van der Waals surface area contributed by atoms with Gasteiger partial charge in [-0.2, -0.15) is 5.10 Å². The Bertz CT molecular complexity index is 839. The predicted molar refractivity (Wildman–Crippen MR) is 103 cm³/mol. The summed E-state index contributed by atoms with van der Waals surface area (Å²) < 4.78 is 0.847. The van der Waals surface area contributed by atoms with Crippen LogP contribution in [-0.4, -0.2) is 25.1 Å². The minimum atomic E-state index is -0.839. The molecule has 0 atom stereocenters. The summed E-state index contributed by atoms with van der Waals surface area (Å²) in [7, 11) is 1.37. The summed E-state index contributed by atoms with van der Waals surface area (Å²) in [6, 6.07) is 11.1. The zero-order chi connectivity index (χ0) is 18.4. The van der Waals surface area contributed by atoms with E-state index in [1.54, 1.807) is 0 Å². The molecule has 2 aromatic rings. The van der Waals surface area contributed by atoms with Crippen molar-refractivity contribution < 1.29 is 9.59 Å². The fourth-order valence-electron chi connectivity index (χ4n) is 1.95. The fraction of sp³-hybridized carbons (Fsp3) is 0.118. The first-order valence-corrected chi connectivity index (χ1v) is 8.45. The summed E-state index contributed by atoms with van der Waals surface area (Å²) >= 11 is 9.45. The maximum Gasteiger partial charge on any atom is 0.329 e. The van der Waals surface area contributed by atoms with Crippen LogP contribution < -0.4 is 16.1 Å². The van der Waals surface area contributed by atoms with Crippen LogP contribution >= 0.6 is 27.5 Å². The average Bonchev–Trinajstić information content (AvgIpc) is 2.59. The molecular weight excluding hydrogens is 408 g/mol. The summed E-state index contributed by atoms with van der Waals surface area (Å²) in [6.45, 7) is 1.97. The Morgan fingerprint density at radius 1 is 1.12 bits per heavy atom. The summed E-state index contributed by atoms with van der Waals surface area (Å²) in [5, 5.41) is 9.96. The van der Waals surface area contributed by atoms with Crippen molar-refractivity contribution >= 4 is 56.9 Å². The standard InChI is InChI=1S/C17H16BrClN4O2/c1-10-3-5-13(19)8-15(10)22-14-6-4-12(18)7-11(14)9-21-23-17(25)16(24)20-2/h3-9,22H,1-2H3,(H,20,24)(H,23,25)/b21-9-. The third kappa shape index (κ3) is 5.30. The maximum absolute atomic E-state index is 11.4. The molecule has 0 radical (unpaired) electrons. The monoisotopic (exact) mass is 422 g/mol. The van der Waals surface area contributed by atoms with Crippen molar-refractivity contribution in [2.45, 2.75) is 6.92 Å². The number of hydrogen-bond acceptors (Lipinski definition) is 4. The Balaban J connectivity index is 2.24. The molecule has 0 aliphatic carbocycles. The van der Waals surface area contributed by atoms with Crippen LogP contribution in [0.4, 0.5) is 11.4 Å². The number of nitrogens with zero attached hydrogens (tertiary/aromatic N) is 1. The van der Waals surface area contributed by atoms with Gasteiger partial charge in [0, 0.05) is 33.5 Å². The quantitative estimate of drug-likeness (QED) is 0.401. The summed E-state index contributed by atoms with van der Waals surface area (Å²) in [6.07, 6.45) is 1.45. The lowest BCUT2D eigenvalue weighted by Crippen LogP contribution is -2.35. The van der Waals surface area contributed by atoms with E-state index in [2.05, 4.69) is 37.1 Å². The number of likely N-dealkylation sites (N-methyl/N-ethyl adjacent to an activating group) is 1. The van der Waals surface area contributed by atoms with Gasteiger partial charge in [0.2, 0.25) is 0 Å². The number of amides is 2. The van der Waals surface area contributed by atoms with Gasteiger partial charge in [-0.25, -0.2) is 5.43 Å². The number of aryl methyl sites for hydroxylation is 1. The molecule has 2 rings (SSSR count). The number of rotatable bonds is 4. The smallest absolute Gasteiger partial charge is 0.329 e. The Labute approximate surface area is 158 Å². The number of hydrogen-bond donors (Lipinski definition) is 3. The summed E-state index contributed by atoms with van der Waals surface area (Å²) in [4.78, 5) is 22.6. The van der Waals surface area contributed by atoms with Crippen molar-refractivity contribution in [1.82, 2.24) is 10.7 Å². The van der Waals surface area contributed by atoms with Crippen LogP contribution in [0.3, 0.4) is 0 Å². The zero-order valence-electron chi connectivity index (χ0n) is 13.6. The first kappa shape index (κ1) is 19.0. The van der Waals surface area contributed by atoms with Gasteiger partial charge in [0.1, 0.15) is 0 Å². The van der Waals surface area contributed by atoms with Crippen LogP contribution in [0.5, 0.6) is 0 Å². The molecule has 0 spiro atoms. The topological polar surface area (TPSA) is 82.6 Å². The molecule has 3 N–H and O–H groups in total. The molecule has 0 heterocycles. The number of hydrazone groups is 1. The highest BCUT2D eigenvalue weighted by Crippen LogP contribution is 2.27. The van der Waals surface area contributed by atoms with Crippen LogP contribution in [-0.2, 0) is 9.59 Å². The molecular formula is C17H16BrClN4O2. The van der Waals surface area contributed by atoms with Crippen molar-refractivity contribution in [2.24, 2.45) is 5.10 Å². The van der Waals surface area contributed by atoms with Gasteiger partial charge < -0.3 is 10.6 Å². The van der Waals surface area contributed by atoms with Crippen LogP contribution in [0, 0.1) is 6.92 Å².